The van der Waals surface area contributed by atoms with Crippen molar-refractivity contribution in [2.45, 2.75) is 31.7 Å². The molecule has 1 saturated carbocycles. The highest BCUT2D eigenvalue weighted by atomic mass is 19.3. The van der Waals surface area contributed by atoms with Crippen molar-refractivity contribution < 1.29 is 18.0 Å². The predicted octanol–water partition coefficient (Wildman–Crippen LogP) is 3.42. The molecule has 0 radical (unpaired) electrons. The van der Waals surface area contributed by atoms with E-state index in [4.69, 9.17) is 4.42 Å². The van der Waals surface area contributed by atoms with Crippen LogP contribution in [-0.2, 0) is 6.54 Å². The van der Waals surface area contributed by atoms with Crippen molar-refractivity contribution in [2.24, 2.45) is 0 Å². The number of carbonyl (C=O) groups is 1. The minimum atomic E-state index is -2.53. The zero-order valence-electron chi connectivity index (χ0n) is 12.6. The molecule has 24 heavy (non-hydrogen) atoms. The molecule has 0 atom stereocenters. The summed E-state index contributed by atoms with van der Waals surface area (Å²) in [5, 5.41) is 7.30. The molecular weight excluding hydrogens is 318 g/mol. The van der Waals surface area contributed by atoms with E-state index in [-0.39, 0.29) is 11.6 Å². The lowest BCUT2D eigenvalue weighted by atomic mass is 10.2. The van der Waals surface area contributed by atoms with Crippen molar-refractivity contribution in [3.63, 3.8) is 0 Å². The van der Waals surface area contributed by atoms with Gasteiger partial charge in [-0.15, -0.1) is 0 Å². The van der Waals surface area contributed by atoms with E-state index in [1.807, 2.05) is 0 Å². The molecule has 1 N–H and O–H groups in total. The van der Waals surface area contributed by atoms with Gasteiger partial charge >= 0.3 is 0 Å². The number of rotatable bonds is 5. The molecular formula is C16H14F2N4O2. The third kappa shape index (κ3) is 2.75. The number of hydrogen-bond donors (Lipinski definition) is 1. The first kappa shape index (κ1) is 14.8. The molecule has 1 aliphatic rings. The summed E-state index contributed by atoms with van der Waals surface area (Å²) in [6, 6.07) is 6.89. The van der Waals surface area contributed by atoms with E-state index >= 15 is 0 Å². The lowest BCUT2D eigenvalue weighted by molar-refractivity contribution is 0.0994. The summed E-state index contributed by atoms with van der Waals surface area (Å²) in [6.07, 6.45) is 0.878. The number of fused-ring (bicyclic) bond motifs is 1. The molecule has 0 unspecified atom stereocenters. The summed E-state index contributed by atoms with van der Waals surface area (Å²) < 4.78 is 32.0. The number of alkyl halides is 2. The number of para-hydroxylation sites is 1. The van der Waals surface area contributed by atoms with Gasteiger partial charge in [0.15, 0.2) is 11.7 Å². The summed E-state index contributed by atoms with van der Waals surface area (Å²) in [4.78, 5) is 16.4. The topological polar surface area (TPSA) is 73.0 Å². The molecule has 0 spiro atoms. The zero-order valence-corrected chi connectivity index (χ0v) is 12.6. The van der Waals surface area contributed by atoms with E-state index in [1.165, 1.54) is 10.9 Å². The smallest absolute Gasteiger partial charge is 0.294 e. The fraction of sp³-hybridized carbons (Fsp3) is 0.312. The van der Waals surface area contributed by atoms with Gasteiger partial charge in [-0.3, -0.25) is 9.48 Å². The third-order valence-corrected chi connectivity index (χ3v) is 3.87. The van der Waals surface area contributed by atoms with Crippen LogP contribution < -0.4 is 5.32 Å². The molecule has 3 aromatic rings. The minimum absolute atomic E-state index is 0.0874. The van der Waals surface area contributed by atoms with Crippen molar-refractivity contribution in [1.82, 2.24) is 14.8 Å². The Morgan fingerprint density at radius 2 is 2.17 bits per heavy atom. The van der Waals surface area contributed by atoms with Crippen LogP contribution in [0.15, 0.2) is 34.9 Å². The number of oxazole rings is 1. The van der Waals surface area contributed by atoms with Crippen LogP contribution in [0.2, 0.25) is 0 Å². The van der Waals surface area contributed by atoms with Crippen LogP contribution in [0.4, 0.5) is 14.6 Å². The fourth-order valence-corrected chi connectivity index (χ4v) is 2.57. The van der Waals surface area contributed by atoms with Gasteiger partial charge in [0.1, 0.15) is 6.54 Å². The van der Waals surface area contributed by atoms with Crippen molar-refractivity contribution in [1.29, 1.82) is 0 Å². The molecule has 1 aliphatic carbocycles. The van der Waals surface area contributed by atoms with Crippen LogP contribution in [0.5, 0.6) is 0 Å². The summed E-state index contributed by atoms with van der Waals surface area (Å²) >= 11 is 0. The number of nitrogens with one attached hydrogen (secondary N) is 1. The van der Waals surface area contributed by atoms with Gasteiger partial charge in [0.25, 0.3) is 12.3 Å². The van der Waals surface area contributed by atoms with Gasteiger partial charge < -0.3 is 9.73 Å². The van der Waals surface area contributed by atoms with Gasteiger partial charge in [-0.2, -0.15) is 5.10 Å². The fourth-order valence-electron chi connectivity index (χ4n) is 2.57. The van der Waals surface area contributed by atoms with Crippen molar-refractivity contribution in [3.05, 3.63) is 42.1 Å². The molecule has 1 amide bonds. The van der Waals surface area contributed by atoms with Crippen LogP contribution in [-0.4, -0.2) is 27.1 Å². The molecule has 6 nitrogen and oxygen atoms in total. The Labute approximate surface area is 135 Å². The lowest BCUT2D eigenvalue weighted by Crippen LogP contribution is -2.13. The maximum absolute atomic E-state index is 12.7. The minimum Gasteiger partial charge on any atom is -0.435 e. The largest absolute Gasteiger partial charge is 0.435 e. The maximum Gasteiger partial charge on any atom is 0.294 e. The second-order valence-electron chi connectivity index (χ2n) is 5.73. The molecule has 124 valence electrons. The Balaban J connectivity index is 1.62. The highest BCUT2D eigenvalue weighted by Gasteiger charge is 2.29. The van der Waals surface area contributed by atoms with E-state index in [2.05, 4.69) is 15.4 Å². The SMILES string of the molecule is O=C(Nc1nn(CC(F)F)c2ccccc12)c1cnc(C2CC2)o1. The molecule has 2 aromatic heterocycles. The average Bonchev–Trinajstić information content (AvgIpc) is 3.20. The van der Waals surface area contributed by atoms with Gasteiger partial charge in [-0.1, -0.05) is 12.1 Å². The second kappa shape index (κ2) is 5.70. The van der Waals surface area contributed by atoms with Gasteiger partial charge in [0.05, 0.1) is 11.7 Å². The Kier molecular flexibility index (Phi) is 3.51. The van der Waals surface area contributed by atoms with Gasteiger partial charge in [0.2, 0.25) is 5.76 Å². The highest BCUT2D eigenvalue weighted by Crippen LogP contribution is 2.39. The summed E-state index contributed by atoms with van der Waals surface area (Å²) in [5.41, 5.74) is 0.532. The number of aromatic nitrogens is 3. The molecule has 0 saturated heterocycles. The van der Waals surface area contributed by atoms with E-state index in [0.717, 1.165) is 12.8 Å². The molecule has 1 aromatic carbocycles. The molecule has 8 heteroatoms. The first-order chi connectivity index (χ1) is 11.6. The number of halogens is 2. The monoisotopic (exact) mass is 332 g/mol. The van der Waals surface area contributed by atoms with E-state index in [1.54, 1.807) is 24.3 Å². The Morgan fingerprint density at radius 3 is 2.92 bits per heavy atom. The molecule has 0 aliphatic heterocycles. The van der Waals surface area contributed by atoms with Gasteiger partial charge in [-0.05, 0) is 25.0 Å². The molecule has 1 fully saturated rings. The van der Waals surface area contributed by atoms with Crippen molar-refractivity contribution in [2.75, 3.05) is 5.32 Å². The van der Waals surface area contributed by atoms with Gasteiger partial charge in [0, 0.05) is 11.3 Å². The van der Waals surface area contributed by atoms with Crippen LogP contribution in [0.1, 0.15) is 35.2 Å². The number of nitrogens with zero attached hydrogens (tertiary/aromatic N) is 3. The second-order valence-corrected chi connectivity index (χ2v) is 5.73. The summed E-state index contributed by atoms with van der Waals surface area (Å²) in [5.74, 6) is 0.678. The lowest BCUT2D eigenvalue weighted by Gasteiger charge is -2.01. The number of hydrogen-bond acceptors (Lipinski definition) is 4. The average molecular weight is 332 g/mol. The van der Waals surface area contributed by atoms with Crippen molar-refractivity contribution >= 4 is 22.6 Å². The zero-order chi connectivity index (χ0) is 16.7. The number of benzene rings is 1. The van der Waals surface area contributed by atoms with Crippen LogP contribution >= 0.6 is 0 Å². The first-order valence-corrected chi connectivity index (χ1v) is 7.62. The quantitative estimate of drug-likeness (QED) is 0.777. The van der Waals surface area contributed by atoms with Crippen LogP contribution in [0.3, 0.4) is 0 Å². The predicted molar refractivity (Wildman–Crippen MR) is 82.2 cm³/mol. The van der Waals surface area contributed by atoms with Crippen LogP contribution in [0, 0.1) is 0 Å². The Hall–Kier alpha value is -2.77. The third-order valence-electron chi connectivity index (χ3n) is 3.87. The summed E-state index contributed by atoms with van der Waals surface area (Å²) in [7, 11) is 0. The van der Waals surface area contributed by atoms with Crippen LogP contribution in [0.25, 0.3) is 10.9 Å². The Bertz CT molecular complexity index is 899. The first-order valence-electron chi connectivity index (χ1n) is 7.62. The van der Waals surface area contributed by atoms with E-state index < -0.39 is 18.9 Å². The highest BCUT2D eigenvalue weighted by molar-refractivity contribution is 6.06. The molecule has 2 heterocycles. The summed E-state index contributed by atoms with van der Waals surface area (Å²) in [6.45, 7) is -0.537. The van der Waals surface area contributed by atoms with E-state index in [0.29, 0.717) is 22.7 Å². The number of carbonyl (C=O) groups excluding carboxylic acids is 1. The number of anilines is 1. The molecule has 4 rings (SSSR count). The standard InChI is InChI=1S/C16H14F2N4O2/c17-13(18)8-22-11-4-2-1-3-10(11)14(21-22)20-15(23)12-7-19-16(24-12)9-5-6-9/h1-4,7,9,13H,5-6,8H2,(H,20,21,23). The normalized spacial score (nSPS) is 14.5. The van der Waals surface area contributed by atoms with Gasteiger partial charge in [-0.25, -0.2) is 13.8 Å². The molecule has 0 bridgehead atoms. The van der Waals surface area contributed by atoms with Crippen molar-refractivity contribution in [3.8, 4) is 0 Å². The van der Waals surface area contributed by atoms with E-state index in [9.17, 15) is 13.6 Å². The maximum atomic E-state index is 12.7. The Morgan fingerprint density at radius 1 is 1.38 bits per heavy atom. The number of amides is 1.